The molecule has 114 valence electrons. The second-order valence-corrected chi connectivity index (χ2v) is 5.43. The average molecular weight is 291 g/mol. The maximum atomic E-state index is 12.0. The van der Waals surface area contributed by atoms with E-state index in [4.69, 9.17) is 0 Å². The number of nitrogens with one attached hydrogen (secondary N) is 1. The molecule has 0 aliphatic carbocycles. The number of hydrogen-bond acceptors (Lipinski definition) is 5. The van der Waals surface area contributed by atoms with Gasteiger partial charge in [0.2, 0.25) is 5.95 Å². The molecule has 0 unspecified atom stereocenters. The second-order valence-electron chi connectivity index (χ2n) is 5.43. The molecule has 1 fully saturated rings. The lowest BCUT2D eigenvalue weighted by Crippen LogP contribution is -2.53. The maximum absolute atomic E-state index is 12.0. The second kappa shape index (κ2) is 7.01. The van der Waals surface area contributed by atoms with Crippen molar-refractivity contribution in [1.82, 2.24) is 20.2 Å². The molecule has 0 bridgehead atoms. The molecule has 7 heteroatoms. The number of anilines is 1. The van der Waals surface area contributed by atoms with E-state index in [1.807, 2.05) is 18.7 Å². The number of nitrogens with zero attached hydrogens (tertiary/aromatic N) is 4. The van der Waals surface area contributed by atoms with Crippen LogP contribution in [0.5, 0.6) is 0 Å². The Morgan fingerprint density at radius 1 is 1.19 bits per heavy atom. The fraction of sp³-hybridized carbons (Fsp3) is 0.571. The van der Waals surface area contributed by atoms with Crippen LogP contribution in [0.25, 0.3) is 0 Å². The first kappa shape index (κ1) is 15.2. The lowest BCUT2D eigenvalue weighted by atomic mass is 10.2. The molecule has 1 aliphatic rings. The molecule has 0 saturated carbocycles. The van der Waals surface area contributed by atoms with Crippen LogP contribution in [0.1, 0.15) is 13.8 Å². The SMILES string of the molecule is CC(C)CNC(=O)C(=O)N1CCN(c2ncccn2)CC1. The van der Waals surface area contributed by atoms with Gasteiger partial charge in [0.25, 0.3) is 0 Å². The van der Waals surface area contributed by atoms with Gasteiger partial charge >= 0.3 is 11.8 Å². The predicted octanol–water partition coefficient (Wildman–Crippen LogP) is -0.103. The molecule has 0 spiro atoms. The Hall–Kier alpha value is -2.18. The number of carbonyl (C=O) groups excluding carboxylic acids is 2. The van der Waals surface area contributed by atoms with Gasteiger partial charge < -0.3 is 15.1 Å². The molecule has 0 radical (unpaired) electrons. The summed E-state index contributed by atoms with van der Waals surface area (Å²) in [6.45, 7) is 6.77. The van der Waals surface area contributed by atoms with Crippen molar-refractivity contribution in [2.45, 2.75) is 13.8 Å². The van der Waals surface area contributed by atoms with Gasteiger partial charge in [-0.1, -0.05) is 13.8 Å². The summed E-state index contributed by atoms with van der Waals surface area (Å²) in [5.41, 5.74) is 0. The van der Waals surface area contributed by atoms with Crippen molar-refractivity contribution < 1.29 is 9.59 Å². The topological polar surface area (TPSA) is 78.4 Å². The van der Waals surface area contributed by atoms with Crippen molar-refractivity contribution in [3.05, 3.63) is 18.5 Å². The minimum atomic E-state index is -0.520. The number of hydrogen-bond donors (Lipinski definition) is 1. The van der Waals surface area contributed by atoms with Crippen molar-refractivity contribution in [2.24, 2.45) is 5.92 Å². The molecule has 21 heavy (non-hydrogen) atoms. The summed E-state index contributed by atoms with van der Waals surface area (Å²) < 4.78 is 0. The molecule has 1 aliphatic heterocycles. The normalized spacial score (nSPS) is 15.2. The highest BCUT2D eigenvalue weighted by Crippen LogP contribution is 2.09. The van der Waals surface area contributed by atoms with E-state index < -0.39 is 11.8 Å². The van der Waals surface area contributed by atoms with Gasteiger partial charge in [-0.3, -0.25) is 9.59 Å². The van der Waals surface area contributed by atoms with Gasteiger partial charge in [-0.25, -0.2) is 9.97 Å². The van der Waals surface area contributed by atoms with E-state index in [1.54, 1.807) is 23.4 Å². The number of carbonyl (C=O) groups is 2. The standard InChI is InChI=1S/C14H21N5O2/c1-11(2)10-17-12(20)13(21)18-6-8-19(9-7-18)14-15-4-3-5-16-14/h3-5,11H,6-10H2,1-2H3,(H,17,20). The van der Waals surface area contributed by atoms with E-state index in [0.717, 1.165) is 0 Å². The first-order chi connectivity index (χ1) is 10.1. The maximum Gasteiger partial charge on any atom is 0.312 e. The first-order valence-electron chi connectivity index (χ1n) is 7.17. The highest BCUT2D eigenvalue weighted by molar-refractivity contribution is 6.35. The lowest BCUT2D eigenvalue weighted by Gasteiger charge is -2.34. The zero-order valence-electron chi connectivity index (χ0n) is 12.5. The van der Waals surface area contributed by atoms with Crippen LogP contribution in [0.2, 0.25) is 0 Å². The Balaban J connectivity index is 1.83. The van der Waals surface area contributed by atoms with Crippen molar-refractivity contribution in [1.29, 1.82) is 0 Å². The number of aromatic nitrogens is 2. The highest BCUT2D eigenvalue weighted by Gasteiger charge is 2.26. The van der Waals surface area contributed by atoms with Crippen molar-refractivity contribution in [3.8, 4) is 0 Å². The largest absolute Gasteiger partial charge is 0.348 e. The summed E-state index contributed by atoms with van der Waals surface area (Å²) >= 11 is 0. The van der Waals surface area contributed by atoms with Crippen LogP contribution in [0, 0.1) is 5.92 Å². The zero-order chi connectivity index (χ0) is 15.2. The molecular formula is C14H21N5O2. The third kappa shape index (κ3) is 4.14. The summed E-state index contributed by atoms with van der Waals surface area (Å²) in [7, 11) is 0. The summed E-state index contributed by atoms with van der Waals surface area (Å²) in [6, 6.07) is 1.77. The minimum absolute atomic E-state index is 0.328. The molecular weight excluding hydrogens is 270 g/mol. The molecule has 2 amide bonds. The van der Waals surface area contributed by atoms with Crippen molar-refractivity contribution in [3.63, 3.8) is 0 Å². The van der Waals surface area contributed by atoms with Crippen LogP contribution in [0.3, 0.4) is 0 Å². The number of piperazine rings is 1. The molecule has 1 aromatic rings. The van der Waals surface area contributed by atoms with Gasteiger partial charge in [0.1, 0.15) is 0 Å². The van der Waals surface area contributed by atoms with E-state index in [0.29, 0.717) is 44.6 Å². The van der Waals surface area contributed by atoms with E-state index >= 15 is 0 Å². The molecule has 2 rings (SSSR count). The lowest BCUT2D eigenvalue weighted by molar-refractivity contribution is -0.146. The van der Waals surface area contributed by atoms with Crippen LogP contribution in [0.4, 0.5) is 5.95 Å². The first-order valence-corrected chi connectivity index (χ1v) is 7.17. The van der Waals surface area contributed by atoms with E-state index in [9.17, 15) is 9.59 Å². The summed E-state index contributed by atoms with van der Waals surface area (Å²) in [4.78, 5) is 35.7. The molecule has 1 aromatic heterocycles. The molecule has 0 aromatic carbocycles. The van der Waals surface area contributed by atoms with E-state index in [2.05, 4.69) is 15.3 Å². The molecule has 1 N–H and O–H groups in total. The van der Waals surface area contributed by atoms with Crippen LogP contribution < -0.4 is 10.2 Å². The average Bonchev–Trinajstić information content (AvgIpc) is 2.53. The summed E-state index contributed by atoms with van der Waals surface area (Å²) in [5, 5.41) is 2.65. The van der Waals surface area contributed by atoms with Gasteiger partial charge in [0.15, 0.2) is 0 Å². The Morgan fingerprint density at radius 3 is 2.38 bits per heavy atom. The van der Waals surface area contributed by atoms with Crippen molar-refractivity contribution in [2.75, 3.05) is 37.6 Å². The smallest absolute Gasteiger partial charge is 0.312 e. The highest BCUT2D eigenvalue weighted by atomic mass is 16.2. The Morgan fingerprint density at radius 2 is 1.81 bits per heavy atom. The Bertz CT molecular complexity index is 483. The van der Waals surface area contributed by atoms with Crippen LogP contribution in [0.15, 0.2) is 18.5 Å². The van der Waals surface area contributed by atoms with Gasteiger partial charge in [-0.2, -0.15) is 0 Å². The Kier molecular flexibility index (Phi) is 5.08. The monoisotopic (exact) mass is 291 g/mol. The third-order valence-electron chi connectivity index (χ3n) is 3.27. The summed E-state index contributed by atoms with van der Waals surface area (Å²) in [5.74, 6) is 0.0140. The van der Waals surface area contributed by atoms with Crippen molar-refractivity contribution >= 4 is 17.8 Å². The van der Waals surface area contributed by atoms with Gasteiger partial charge in [-0.05, 0) is 12.0 Å². The molecule has 2 heterocycles. The van der Waals surface area contributed by atoms with Crippen LogP contribution >= 0.6 is 0 Å². The van der Waals surface area contributed by atoms with Gasteiger partial charge in [0, 0.05) is 45.1 Å². The minimum Gasteiger partial charge on any atom is -0.348 e. The fourth-order valence-corrected chi connectivity index (χ4v) is 2.08. The van der Waals surface area contributed by atoms with E-state index in [-0.39, 0.29) is 0 Å². The Labute approximate surface area is 124 Å². The van der Waals surface area contributed by atoms with Crippen LogP contribution in [-0.2, 0) is 9.59 Å². The van der Waals surface area contributed by atoms with Gasteiger partial charge in [0.05, 0.1) is 0 Å². The molecule has 7 nitrogen and oxygen atoms in total. The van der Waals surface area contributed by atoms with Gasteiger partial charge in [-0.15, -0.1) is 0 Å². The number of amides is 2. The van der Waals surface area contributed by atoms with Crippen LogP contribution in [-0.4, -0.2) is 59.4 Å². The summed E-state index contributed by atoms with van der Waals surface area (Å²) in [6.07, 6.45) is 3.39. The van der Waals surface area contributed by atoms with E-state index in [1.165, 1.54) is 0 Å². The number of rotatable bonds is 3. The molecule has 0 atom stereocenters. The zero-order valence-corrected chi connectivity index (χ0v) is 12.5. The predicted molar refractivity (Wildman–Crippen MR) is 78.7 cm³/mol. The fourth-order valence-electron chi connectivity index (χ4n) is 2.08. The molecule has 1 saturated heterocycles. The third-order valence-corrected chi connectivity index (χ3v) is 3.27. The quantitative estimate of drug-likeness (QED) is 0.787.